The Labute approximate surface area is 163 Å². The molecule has 0 aliphatic heterocycles. The zero-order valence-corrected chi connectivity index (χ0v) is 16.1. The lowest BCUT2D eigenvalue weighted by Crippen LogP contribution is -2.42. The lowest BCUT2D eigenvalue weighted by Gasteiger charge is -2.15. The van der Waals surface area contributed by atoms with Crippen molar-refractivity contribution in [3.05, 3.63) is 76.7 Å². The van der Waals surface area contributed by atoms with E-state index in [0.717, 1.165) is 11.8 Å². The number of carbonyl (C=O) groups excluding carboxylic acids is 1. The van der Waals surface area contributed by atoms with Crippen LogP contribution in [0.25, 0.3) is 6.08 Å². The number of hydrogen-bond donors (Lipinski definition) is 2. The van der Waals surface area contributed by atoms with Gasteiger partial charge in [-0.3, -0.25) is 0 Å². The number of rotatable bonds is 8. The van der Waals surface area contributed by atoms with Crippen molar-refractivity contribution in [2.45, 2.75) is 12.5 Å². The Hall–Kier alpha value is -3.13. The molecule has 0 bridgehead atoms. The molecule has 1 unspecified atom stereocenters. The molecule has 8 heteroatoms. The van der Waals surface area contributed by atoms with Gasteiger partial charge in [0.15, 0.2) is 9.84 Å². The third kappa shape index (κ3) is 6.88. The van der Waals surface area contributed by atoms with E-state index < -0.39 is 34.5 Å². The molecule has 148 valence electrons. The minimum absolute atomic E-state index is 0.0735. The van der Waals surface area contributed by atoms with Crippen LogP contribution in [0.1, 0.15) is 11.1 Å². The van der Waals surface area contributed by atoms with Crippen LogP contribution in [-0.4, -0.2) is 44.5 Å². The SMILES string of the molecule is CS(=O)(=O)/C(=C\c1ccccc1)COC(=O)NC(Cc1ccccc1)C(=O)O. The summed E-state index contributed by atoms with van der Waals surface area (Å²) in [7, 11) is -3.61. The highest BCUT2D eigenvalue weighted by Crippen LogP contribution is 2.12. The van der Waals surface area contributed by atoms with Crippen molar-refractivity contribution in [3.8, 4) is 0 Å². The molecular weight excluding hydrogens is 382 g/mol. The maximum atomic E-state index is 12.0. The zero-order chi connectivity index (χ0) is 20.6. The van der Waals surface area contributed by atoms with Gasteiger partial charge in [0.1, 0.15) is 12.6 Å². The molecule has 1 amide bonds. The number of sulfone groups is 1. The van der Waals surface area contributed by atoms with Crippen molar-refractivity contribution in [3.63, 3.8) is 0 Å². The second-order valence-corrected chi connectivity index (χ2v) is 8.16. The van der Waals surface area contributed by atoms with E-state index in [1.165, 1.54) is 6.08 Å². The molecule has 0 fully saturated rings. The maximum Gasteiger partial charge on any atom is 0.408 e. The summed E-state index contributed by atoms with van der Waals surface area (Å²) in [5.74, 6) is -1.22. The molecule has 0 saturated carbocycles. The fourth-order valence-electron chi connectivity index (χ4n) is 2.36. The molecule has 2 N–H and O–H groups in total. The lowest BCUT2D eigenvalue weighted by molar-refractivity contribution is -0.139. The molecule has 0 aliphatic carbocycles. The minimum atomic E-state index is -3.61. The average Bonchev–Trinajstić information content (AvgIpc) is 2.65. The molecule has 0 spiro atoms. The van der Waals surface area contributed by atoms with Gasteiger partial charge in [0.25, 0.3) is 0 Å². The number of nitrogens with one attached hydrogen (secondary N) is 1. The Morgan fingerprint density at radius 3 is 2.18 bits per heavy atom. The first-order chi connectivity index (χ1) is 13.3. The van der Waals surface area contributed by atoms with E-state index in [1.807, 2.05) is 0 Å². The van der Waals surface area contributed by atoms with Crippen LogP contribution in [0.5, 0.6) is 0 Å². The summed E-state index contributed by atoms with van der Waals surface area (Å²) >= 11 is 0. The van der Waals surface area contributed by atoms with Gasteiger partial charge in [-0.05, 0) is 17.2 Å². The molecule has 7 nitrogen and oxygen atoms in total. The first kappa shape index (κ1) is 21.2. The highest BCUT2D eigenvalue weighted by molar-refractivity contribution is 7.94. The molecular formula is C20H21NO6S. The number of ether oxygens (including phenoxy) is 1. The highest BCUT2D eigenvalue weighted by atomic mass is 32.2. The van der Waals surface area contributed by atoms with Crippen LogP contribution in [0.15, 0.2) is 65.6 Å². The Morgan fingerprint density at radius 1 is 1.07 bits per heavy atom. The first-order valence-electron chi connectivity index (χ1n) is 8.41. The molecule has 2 aromatic carbocycles. The summed E-state index contributed by atoms with van der Waals surface area (Å²) in [6, 6.07) is 16.3. The maximum absolute atomic E-state index is 12.0. The minimum Gasteiger partial charge on any atom is -0.480 e. The van der Waals surface area contributed by atoms with Gasteiger partial charge in [-0.2, -0.15) is 0 Å². The molecule has 0 aromatic heterocycles. The molecule has 2 rings (SSSR count). The van der Waals surface area contributed by atoms with Crippen molar-refractivity contribution in [1.29, 1.82) is 0 Å². The Kier molecular flexibility index (Phi) is 7.34. The van der Waals surface area contributed by atoms with Crippen molar-refractivity contribution in [2.24, 2.45) is 0 Å². The van der Waals surface area contributed by atoms with Gasteiger partial charge < -0.3 is 15.2 Å². The quantitative estimate of drug-likeness (QED) is 0.701. The average molecular weight is 403 g/mol. The molecule has 1 atom stereocenters. The predicted octanol–water partition coefficient (Wildman–Crippen LogP) is 2.49. The van der Waals surface area contributed by atoms with E-state index in [2.05, 4.69) is 5.32 Å². The molecule has 0 aliphatic rings. The van der Waals surface area contributed by atoms with E-state index in [4.69, 9.17) is 4.74 Å². The molecule has 0 heterocycles. The molecule has 28 heavy (non-hydrogen) atoms. The van der Waals surface area contributed by atoms with Crippen LogP contribution in [-0.2, 0) is 25.8 Å². The van der Waals surface area contributed by atoms with E-state index in [1.54, 1.807) is 60.7 Å². The smallest absolute Gasteiger partial charge is 0.408 e. The van der Waals surface area contributed by atoms with Crippen LogP contribution < -0.4 is 5.32 Å². The summed E-state index contributed by atoms with van der Waals surface area (Å²) < 4.78 is 28.9. The van der Waals surface area contributed by atoms with Crippen LogP contribution in [0, 0.1) is 0 Å². The molecule has 0 radical (unpaired) electrons. The van der Waals surface area contributed by atoms with E-state index in [9.17, 15) is 23.1 Å². The Balaban J connectivity index is 2.03. The fourth-order valence-corrected chi connectivity index (χ4v) is 2.98. The number of hydrogen-bond acceptors (Lipinski definition) is 5. The van der Waals surface area contributed by atoms with Gasteiger partial charge in [0, 0.05) is 12.7 Å². The third-order valence-corrected chi connectivity index (χ3v) is 5.01. The van der Waals surface area contributed by atoms with E-state index in [0.29, 0.717) is 5.56 Å². The largest absolute Gasteiger partial charge is 0.480 e. The Bertz CT molecular complexity index is 939. The first-order valence-corrected chi connectivity index (χ1v) is 10.3. The number of carbonyl (C=O) groups is 2. The summed E-state index contributed by atoms with van der Waals surface area (Å²) in [5, 5.41) is 11.6. The van der Waals surface area contributed by atoms with Gasteiger partial charge in [0.05, 0.1) is 4.91 Å². The van der Waals surface area contributed by atoms with Gasteiger partial charge in [-0.15, -0.1) is 0 Å². The van der Waals surface area contributed by atoms with Gasteiger partial charge in [0.2, 0.25) is 0 Å². The summed E-state index contributed by atoms with van der Waals surface area (Å²) in [5.41, 5.74) is 1.37. The summed E-state index contributed by atoms with van der Waals surface area (Å²) in [4.78, 5) is 23.3. The topological polar surface area (TPSA) is 110 Å². The number of aliphatic carboxylic acids is 1. The zero-order valence-electron chi connectivity index (χ0n) is 15.2. The Morgan fingerprint density at radius 2 is 1.64 bits per heavy atom. The van der Waals surface area contributed by atoms with Crippen LogP contribution in [0.4, 0.5) is 4.79 Å². The van der Waals surface area contributed by atoms with Gasteiger partial charge in [-0.1, -0.05) is 60.7 Å². The van der Waals surface area contributed by atoms with Gasteiger partial charge in [-0.25, -0.2) is 18.0 Å². The highest BCUT2D eigenvalue weighted by Gasteiger charge is 2.22. The summed E-state index contributed by atoms with van der Waals surface area (Å²) in [6.07, 6.45) is 1.48. The molecule has 0 saturated heterocycles. The number of alkyl carbamates (subject to hydrolysis) is 1. The number of amides is 1. The van der Waals surface area contributed by atoms with Gasteiger partial charge >= 0.3 is 12.1 Å². The van der Waals surface area contributed by atoms with Crippen LogP contribution in [0.3, 0.4) is 0 Å². The van der Waals surface area contributed by atoms with E-state index >= 15 is 0 Å². The standard InChI is InChI=1S/C20H21NO6S/c1-28(25,26)17(12-15-8-4-2-5-9-15)14-27-20(24)21-18(19(22)23)13-16-10-6-3-7-11-16/h2-12,18H,13-14H2,1H3,(H,21,24)(H,22,23)/b17-12-. The normalized spacial score (nSPS) is 12.8. The van der Waals surface area contributed by atoms with Crippen molar-refractivity contribution >= 4 is 28.0 Å². The number of benzene rings is 2. The van der Waals surface area contributed by atoms with Crippen LogP contribution >= 0.6 is 0 Å². The van der Waals surface area contributed by atoms with Crippen LogP contribution in [0.2, 0.25) is 0 Å². The lowest BCUT2D eigenvalue weighted by atomic mass is 10.1. The number of carboxylic acid groups (broad SMARTS) is 1. The second-order valence-electron chi connectivity index (χ2n) is 6.09. The third-order valence-electron chi connectivity index (χ3n) is 3.82. The van der Waals surface area contributed by atoms with Crippen molar-refractivity contribution in [2.75, 3.05) is 12.9 Å². The second kappa shape index (κ2) is 9.70. The van der Waals surface area contributed by atoms with Crippen molar-refractivity contribution < 1.29 is 27.9 Å². The number of carboxylic acids is 1. The predicted molar refractivity (Wildman–Crippen MR) is 105 cm³/mol. The molecule has 2 aromatic rings. The summed E-state index contributed by atoms with van der Waals surface area (Å²) in [6.45, 7) is -0.503. The fraction of sp³-hybridized carbons (Fsp3) is 0.200. The van der Waals surface area contributed by atoms with E-state index in [-0.39, 0.29) is 11.3 Å². The monoisotopic (exact) mass is 403 g/mol. The van der Waals surface area contributed by atoms with Crippen molar-refractivity contribution in [1.82, 2.24) is 5.32 Å².